The largest absolute Gasteiger partial charge is 0.462 e. The average Bonchev–Trinajstić information content (AvgIpc) is 3.02. The van der Waals surface area contributed by atoms with Crippen molar-refractivity contribution in [3.63, 3.8) is 0 Å². The van der Waals surface area contributed by atoms with Crippen molar-refractivity contribution in [1.82, 2.24) is 0 Å². The molecule has 0 unspecified atom stereocenters. The molecule has 2 fully saturated rings. The third-order valence-electron chi connectivity index (χ3n) is 5.03. The van der Waals surface area contributed by atoms with Crippen molar-refractivity contribution in [2.75, 3.05) is 6.61 Å². The van der Waals surface area contributed by atoms with Gasteiger partial charge in [0, 0.05) is 27.7 Å². The predicted molar refractivity (Wildman–Crippen MR) is 105 cm³/mol. The Morgan fingerprint density at radius 1 is 0.794 bits per heavy atom. The molecule has 2 saturated heterocycles. The molecule has 0 radical (unpaired) electrons. The minimum Gasteiger partial charge on any atom is -0.462 e. The van der Waals surface area contributed by atoms with Gasteiger partial charge >= 0.3 is 23.9 Å². The van der Waals surface area contributed by atoms with Crippen molar-refractivity contribution in [3.05, 3.63) is 0 Å². The van der Waals surface area contributed by atoms with Crippen LogP contribution in [0.3, 0.4) is 0 Å². The maximum absolute atomic E-state index is 11.8. The fourth-order valence-electron chi connectivity index (χ4n) is 3.67. The SMILES string of the molecule is CC(=O)OC[C@@H](OC(C)=O)[C@@H]1O[C@@H](O[C@@H]2[C@@H](O)[C@@H](O)[C@H](O)O[C@H]2C)[C@H](OC(C)=O)[C@H]1OC(C)=O. The highest BCUT2D eigenvalue weighted by Crippen LogP contribution is 2.34. The Balaban J connectivity index is 2.38. The number of esters is 4. The van der Waals surface area contributed by atoms with Crippen LogP contribution in [-0.2, 0) is 52.3 Å². The van der Waals surface area contributed by atoms with Crippen LogP contribution in [0.5, 0.6) is 0 Å². The van der Waals surface area contributed by atoms with Crippen molar-refractivity contribution in [1.29, 1.82) is 0 Å². The molecule has 2 rings (SSSR count). The van der Waals surface area contributed by atoms with Gasteiger partial charge in [-0.25, -0.2) is 0 Å². The molecule has 14 heteroatoms. The summed E-state index contributed by atoms with van der Waals surface area (Å²) in [7, 11) is 0. The van der Waals surface area contributed by atoms with E-state index < -0.39 is 91.9 Å². The van der Waals surface area contributed by atoms with Gasteiger partial charge in [0.25, 0.3) is 0 Å². The second kappa shape index (κ2) is 11.9. The van der Waals surface area contributed by atoms with Gasteiger partial charge in [0.05, 0.1) is 6.10 Å². The zero-order chi connectivity index (χ0) is 25.7. The zero-order valence-corrected chi connectivity index (χ0v) is 19.3. The summed E-state index contributed by atoms with van der Waals surface area (Å²) in [6.07, 6.45) is -14.2. The summed E-state index contributed by atoms with van der Waals surface area (Å²) in [5.41, 5.74) is 0. The van der Waals surface area contributed by atoms with Gasteiger partial charge < -0.3 is 48.5 Å². The van der Waals surface area contributed by atoms with E-state index in [1.165, 1.54) is 6.92 Å². The number of carbonyl (C=O) groups excluding carboxylic acids is 4. The molecule has 34 heavy (non-hydrogen) atoms. The Morgan fingerprint density at radius 2 is 1.38 bits per heavy atom. The predicted octanol–water partition coefficient (Wildman–Crippen LogP) is -2.09. The molecule has 3 N–H and O–H groups in total. The van der Waals surface area contributed by atoms with Crippen molar-refractivity contribution in [3.8, 4) is 0 Å². The van der Waals surface area contributed by atoms with Crippen LogP contribution in [0.4, 0.5) is 0 Å². The van der Waals surface area contributed by atoms with E-state index in [0.717, 1.165) is 27.7 Å². The van der Waals surface area contributed by atoms with Gasteiger partial charge in [-0.05, 0) is 6.92 Å². The lowest BCUT2D eigenvalue weighted by atomic mass is 9.99. The molecule has 2 aliphatic heterocycles. The molecule has 0 aromatic heterocycles. The lowest BCUT2D eigenvalue weighted by Crippen LogP contribution is -2.59. The van der Waals surface area contributed by atoms with Crippen LogP contribution in [0, 0.1) is 0 Å². The Kier molecular flexibility index (Phi) is 9.73. The van der Waals surface area contributed by atoms with Crippen LogP contribution in [0.25, 0.3) is 0 Å². The number of ether oxygens (including phenoxy) is 7. The maximum Gasteiger partial charge on any atom is 0.303 e. The molecule has 10 atom stereocenters. The Bertz CT molecular complexity index is 756. The quantitative estimate of drug-likeness (QED) is 0.246. The molecule has 194 valence electrons. The highest BCUT2D eigenvalue weighted by molar-refractivity contribution is 5.68. The summed E-state index contributed by atoms with van der Waals surface area (Å²) in [4.78, 5) is 46.5. The summed E-state index contributed by atoms with van der Waals surface area (Å²) in [6, 6.07) is 0. The minimum atomic E-state index is -1.72. The molecule has 2 heterocycles. The summed E-state index contributed by atoms with van der Waals surface area (Å²) in [6.45, 7) is 5.36. The van der Waals surface area contributed by atoms with Crippen molar-refractivity contribution >= 4 is 23.9 Å². The number of hydrogen-bond donors (Lipinski definition) is 3. The second-order valence-electron chi connectivity index (χ2n) is 7.88. The molecule has 0 aliphatic carbocycles. The molecule has 14 nitrogen and oxygen atoms in total. The van der Waals surface area contributed by atoms with Gasteiger partial charge in [0.15, 0.2) is 30.9 Å². The van der Waals surface area contributed by atoms with Crippen molar-refractivity contribution in [2.45, 2.75) is 96.0 Å². The summed E-state index contributed by atoms with van der Waals surface area (Å²) in [5.74, 6) is -3.05. The topological polar surface area (TPSA) is 194 Å². The van der Waals surface area contributed by atoms with Gasteiger partial charge in [0.1, 0.15) is 31.0 Å². The number of aliphatic hydroxyl groups excluding tert-OH is 3. The van der Waals surface area contributed by atoms with E-state index in [0.29, 0.717) is 0 Å². The summed E-state index contributed by atoms with van der Waals surface area (Å²) in [5, 5.41) is 30.0. The van der Waals surface area contributed by atoms with Gasteiger partial charge in [-0.1, -0.05) is 0 Å². The lowest BCUT2D eigenvalue weighted by molar-refractivity contribution is -0.315. The van der Waals surface area contributed by atoms with Crippen molar-refractivity contribution < 1.29 is 67.7 Å². The van der Waals surface area contributed by atoms with E-state index in [-0.39, 0.29) is 0 Å². The molecule has 0 aromatic carbocycles. The van der Waals surface area contributed by atoms with Crippen molar-refractivity contribution in [2.24, 2.45) is 0 Å². The first-order chi connectivity index (χ1) is 15.8. The Hall–Kier alpha value is -2.36. The molecular formula is C20H30O14. The first kappa shape index (κ1) is 27.9. The van der Waals surface area contributed by atoms with E-state index in [2.05, 4.69) is 0 Å². The van der Waals surface area contributed by atoms with E-state index in [9.17, 15) is 34.5 Å². The standard InChI is InChI=1S/C20H30O14/c1-7-15(13(25)14(26)19(27)29-7)33-20-18(32-11(5)24)17(31-10(4)23)16(34-20)12(30-9(3)22)6-28-8(2)21/h7,12-20,25-27H,6H2,1-5H3/t7-,12+,13-,14+,15-,16-,17-,18+,19+,20+/m0/s1. The third kappa shape index (κ3) is 7.07. The highest BCUT2D eigenvalue weighted by atomic mass is 16.8. The smallest absolute Gasteiger partial charge is 0.303 e. The van der Waals surface area contributed by atoms with Crippen LogP contribution in [0.2, 0.25) is 0 Å². The monoisotopic (exact) mass is 494 g/mol. The summed E-state index contributed by atoms with van der Waals surface area (Å²) < 4.78 is 37.3. The molecular weight excluding hydrogens is 464 g/mol. The van der Waals surface area contributed by atoms with E-state index in [4.69, 9.17) is 33.2 Å². The molecule has 0 spiro atoms. The summed E-state index contributed by atoms with van der Waals surface area (Å²) >= 11 is 0. The lowest BCUT2D eigenvalue weighted by Gasteiger charge is -2.40. The minimum absolute atomic E-state index is 0.479. The van der Waals surface area contributed by atoms with Crippen LogP contribution >= 0.6 is 0 Å². The normalized spacial score (nSPS) is 36.3. The third-order valence-corrected chi connectivity index (χ3v) is 5.03. The average molecular weight is 494 g/mol. The fraction of sp³-hybridized carbons (Fsp3) is 0.800. The van der Waals surface area contributed by atoms with Crippen LogP contribution in [0.1, 0.15) is 34.6 Å². The molecule has 0 saturated carbocycles. The first-order valence-corrected chi connectivity index (χ1v) is 10.5. The Labute approximate surface area is 194 Å². The fourth-order valence-corrected chi connectivity index (χ4v) is 3.67. The van der Waals surface area contributed by atoms with E-state index >= 15 is 0 Å². The van der Waals surface area contributed by atoms with Gasteiger partial charge in [-0.3, -0.25) is 19.2 Å². The zero-order valence-electron chi connectivity index (χ0n) is 19.3. The van der Waals surface area contributed by atoms with E-state index in [1.54, 1.807) is 0 Å². The number of carbonyl (C=O) groups is 4. The highest BCUT2D eigenvalue weighted by Gasteiger charge is 2.56. The van der Waals surface area contributed by atoms with Crippen LogP contribution in [-0.4, -0.2) is 107 Å². The number of rotatable bonds is 8. The molecule has 2 aliphatic rings. The number of aliphatic hydroxyl groups is 3. The molecule has 0 amide bonds. The first-order valence-electron chi connectivity index (χ1n) is 10.5. The van der Waals surface area contributed by atoms with Gasteiger partial charge in [-0.15, -0.1) is 0 Å². The second-order valence-corrected chi connectivity index (χ2v) is 7.88. The molecule has 0 aromatic rings. The van der Waals surface area contributed by atoms with Crippen LogP contribution < -0.4 is 0 Å². The van der Waals surface area contributed by atoms with Gasteiger partial charge in [-0.2, -0.15) is 0 Å². The Morgan fingerprint density at radius 3 is 1.91 bits per heavy atom. The maximum atomic E-state index is 11.8. The molecule has 0 bridgehead atoms. The van der Waals surface area contributed by atoms with Gasteiger partial charge in [0.2, 0.25) is 0 Å². The van der Waals surface area contributed by atoms with E-state index in [1.807, 2.05) is 0 Å². The number of hydrogen-bond acceptors (Lipinski definition) is 14. The van der Waals surface area contributed by atoms with Crippen LogP contribution in [0.15, 0.2) is 0 Å².